The summed E-state index contributed by atoms with van der Waals surface area (Å²) in [5.41, 5.74) is 7.72. The summed E-state index contributed by atoms with van der Waals surface area (Å²) in [4.78, 5) is 24.6. The van der Waals surface area contributed by atoms with Gasteiger partial charge in [0.2, 0.25) is 14.2 Å². The molecule has 4 N–H and O–H groups in total. The zero-order valence-corrected chi connectivity index (χ0v) is 20.2. The van der Waals surface area contributed by atoms with Gasteiger partial charge in [-0.3, -0.25) is 0 Å². The number of hydrogen-bond donors (Lipinski definition) is 3. The number of rotatable bonds is 8. The van der Waals surface area contributed by atoms with Crippen LogP contribution in [-0.4, -0.2) is 35.9 Å². The third-order valence-corrected chi connectivity index (χ3v) is 8.84. The summed E-state index contributed by atoms with van der Waals surface area (Å²) < 4.78 is 25.5. The number of nitrogens with two attached hydrogens (primary N) is 1. The first-order valence-corrected chi connectivity index (χ1v) is 12.6. The first-order chi connectivity index (χ1) is 15.0. The van der Waals surface area contributed by atoms with Crippen LogP contribution < -0.4 is 16.4 Å². The number of thiazole rings is 1. The summed E-state index contributed by atoms with van der Waals surface area (Å²) in [6.07, 6.45) is 5.80. The number of urea groups is 1. The standard InChI is InChI=1S/C21H28N6O3S2/c1-13(2)11-24-19(28)23-9-5-6-14(3)18-26-16(10-17(22)27-18)21(7-8-21)32(29,30)20-25-15(4)12-31-20/h5-6,9-10,12-13H,7-8,11H2,1-4H3,(H2,22,26,27)(H2,23,24,28)/b9-5+,14-6+. The van der Waals surface area contributed by atoms with E-state index in [2.05, 4.69) is 25.6 Å². The Kier molecular flexibility index (Phi) is 6.99. The molecule has 1 fully saturated rings. The average molecular weight is 477 g/mol. The fourth-order valence-corrected chi connectivity index (χ4v) is 6.28. The lowest BCUT2D eigenvalue weighted by molar-refractivity contribution is 0.243. The molecule has 32 heavy (non-hydrogen) atoms. The van der Waals surface area contributed by atoms with Gasteiger partial charge in [0.25, 0.3) is 0 Å². The number of carbonyl (C=O) groups excluding carboxylic acids is 1. The topological polar surface area (TPSA) is 140 Å². The first kappa shape index (κ1) is 23.9. The van der Waals surface area contributed by atoms with Crippen molar-refractivity contribution in [2.45, 2.75) is 49.6 Å². The second kappa shape index (κ2) is 9.37. The van der Waals surface area contributed by atoms with E-state index in [1.165, 1.54) is 12.3 Å². The van der Waals surface area contributed by atoms with Gasteiger partial charge >= 0.3 is 6.03 Å². The monoisotopic (exact) mass is 476 g/mol. The van der Waals surface area contributed by atoms with Crippen molar-refractivity contribution >= 4 is 38.6 Å². The number of aryl methyl sites for hydroxylation is 1. The fraction of sp³-hybridized carbons (Fsp3) is 0.429. The third kappa shape index (κ3) is 5.16. The van der Waals surface area contributed by atoms with E-state index >= 15 is 0 Å². The minimum Gasteiger partial charge on any atom is -0.384 e. The van der Waals surface area contributed by atoms with Crippen LogP contribution >= 0.6 is 11.3 Å². The van der Waals surface area contributed by atoms with Crippen LogP contribution in [0.15, 0.2) is 34.1 Å². The van der Waals surface area contributed by atoms with Gasteiger partial charge in [-0.1, -0.05) is 19.9 Å². The van der Waals surface area contributed by atoms with E-state index in [0.717, 1.165) is 11.3 Å². The number of amides is 2. The Bertz CT molecular complexity index is 1160. The molecule has 0 aliphatic heterocycles. The lowest BCUT2D eigenvalue weighted by atomic mass is 10.2. The van der Waals surface area contributed by atoms with Crippen molar-refractivity contribution in [2.75, 3.05) is 12.3 Å². The van der Waals surface area contributed by atoms with E-state index in [9.17, 15) is 13.2 Å². The molecule has 2 heterocycles. The predicted molar refractivity (Wildman–Crippen MR) is 126 cm³/mol. The summed E-state index contributed by atoms with van der Waals surface area (Å²) in [6.45, 7) is 8.16. The highest BCUT2D eigenvalue weighted by atomic mass is 32.2. The van der Waals surface area contributed by atoms with Crippen LogP contribution in [0.1, 0.15) is 50.8 Å². The summed E-state index contributed by atoms with van der Waals surface area (Å²) >= 11 is 1.12. The van der Waals surface area contributed by atoms with Crippen molar-refractivity contribution in [2.24, 2.45) is 5.92 Å². The molecule has 2 aromatic heterocycles. The number of nitrogen functional groups attached to an aromatic ring is 1. The van der Waals surface area contributed by atoms with E-state index < -0.39 is 14.6 Å². The Morgan fingerprint density at radius 2 is 2.03 bits per heavy atom. The summed E-state index contributed by atoms with van der Waals surface area (Å²) in [7, 11) is -3.69. The van der Waals surface area contributed by atoms with E-state index in [4.69, 9.17) is 5.73 Å². The second-order valence-corrected chi connectivity index (χ2v) is 11.5. The van der Waals surface area contributed by atoms with Gasteiger partial charge in [-0.05, 0) is 44.3 Å². The van der Waals surface area contributed by atoms with Crippen LogP contribution in [0.3, 0.4) is 0 Å². The van der Waals surface area contributed by atoms with Gasteiger partial charge in [-0.2, -0.15) is 0 Å². The van der Waals surface area contributed by atoms with Crippen molar-refractivity contribution < 1.29 is 13.2 Å². The SMILES string of the molecule is C/C(=C\C=C\NC(=O)NCC(C)C)c1nc(N)cc(C2(S(=O)(=O)c3nc(C)cs3)CC2)n1. The van der Waals surface area contributed by atoms with Crippen molar-refractivity contribution in [3.63, 3.8) is 0 Å². The summed E-state index contributed by atoms with van der Waals surface area (Å²) in [5, 5.41) is 7.08. The van der Waals surface area contributed by atoms with E-state index in [0.29, 0.717) is 48.1 Å². The Morgan fingerprint density at radius 3 is 2.62 bits per heavy atom. The lowest BCUT2D eigenvalue weighted by Gasteiger charge is -2.15. The van der Waals surface area contributed by atoms with Crippen molar-refractivity contribution in [3.05, 3.63) is 47.0 Å². The predicted octanol–water partition coefficient (Wildman–Crippen LogP) is 3.16. The molecule has 0 radical (unpaired) electrons. The maximum absolute atomic E-state index is 13.3. The van der Waals surface area contributed by atoms with Crippen LogP contribution in [-0.2, 0) is 14.6 Å². The zero-order valence-electron chi connectivity index (χ0n) is 18.5. The Balaban J connectivity index is 1.79. The Hall–Kier alpha value is -2.79. The molecule has 0 atom stereocenters. The highest BCUT2D eigenvalue weighted by Crippen LogP contribution is 2.55. The van der Waals surface area contributed by atoms with Crippen LogP contribution in [0.4, 0.5) is 10.6 Å². The van der Waals surface area contributed by atoms with Crippen molar-refractivity contribution in [3.8, 4) is 0 Å². The van der Waals surface area contributed by atoms with Crippen LogP contribution in [0.25, 0.3) is 5.57 Å². The molecular weight excluding hydrogens is 448 g/mol. The lowest BCUT2D eigenvalue weighted by Crippen LogP contribution is -2.34. The molecule has 2 aromatic rings. The number of hydrogen-bond acceptors (Lipinski definition) is 8. The van der Waals surface area contributed by atoms with Crippen LogP contribution in [0.5, 0.6) is 0 Å². The largest absolute Gasteiger partial charge is 0.384 e. The Labute approximate surface area is 192 Å². The molecular formula is C21H28N6O3S2. The van der Waals surface area contributed by atoms with Gasteiger partial charge in [-0.15, -0.1) is 11.3 Å². The van der Waals surface area contributed by atoms with Crippen LogP contribution in [0, 0.1) is 12.8 Å². The van der Waals surface area contributed by atoms with Gasteiger partial charge in [0.1, 0.15) is 10.6 Å². The smallest absolute Gasteiger partial charge is 0.318 e. The minimum atomic E-state index is -3.69. The van der Waals surface area contributed by atoms with Gasteiger partial charge < -0.3 is 16.4 Å². The molecule has 11 heteroatoms. The van der Waals surface area contributed by atoms with Gasteiger partial charge in [-0.25, -0.2) is 28.2 Å². The fourth-order valence-electron chi connectivity index (χ4n) is 3.01. The number of nitrogens with one attached hydrogen (secondary N) is 2. The normalized spacial score (nSPS) is 15.8. The molecule has 1 saturated carbocycles. The molecule has 3 rings (SSSR count). The average Bonchev–Trinajstić information content (AvgIpc) is 3.44. The summed E-state index contributed by atoms with van der Waals surface area (Å²) in [6, 6.07) is 1.24. The highest BCUT2D eigenvalue weighted by Gasteiger charge is 2.59. The van der Waals surface area contributed by atoms with Gasteiger partial charge in [0, 0.05) is 29.9 Å². The number of allylic oxidation sites excluding steroid dienone is 3. The van der Waals surface area contributed by atoms with E-state index in [-0.39, 0.29) is 16.2 Å². The number of nitrogens with zero attached hydrogens (tertiary/aromatic N) is 3. The first-order valence-electron chi connectivity index (χ1n) is 10.2. The molecule has 1 aliphatic rings. The Morgan fingerprint density at radius 1 is 1.31 bits per heavy atom. The van der Waals surface area contributed by atoms with Gasteiger partial charge in [0.05, 0.1) is 5.69 Å². The molecule has 9 nitrogen and oxygen atoms in total. The number of aromatic nitrogens is 3. The summed E-state index contributed by atoms with van der Waals surface area (Å²) in [5.74, 6) is 0.898. The molecule has 0 unspecified atom stereocenters. The number of carbonyl (C=O) groups is 1. The number of sulfone groups is 1. The maximum Gasteiger partial charge on any atom is 0.318 e. The minimum absolute atomic E-state index is 0.100. The molecule has 0 aromatic carbocycles. The third-order valence-electron chi connectivity index (χ3n) is 4.94. The van der Waals surface area contributed by atoms with Crippen LogP contribution in [0.2, 0.25) is 0 Å². The molecule has 0 spiro atoms. The zero-order chi connectivity index (χ0) is 23.5. The quantitative estimate of drug-likeness (QED) is 0.497. The van der Waals surface area contributed by atoms with Gasteiger partial charge in [0.15, 0.2) is 5.82 Å². The van der Waals surface area contributed by atoms with Crippen molar-refractivity contribution in [1.29, 1.82) is 0 Å². The second-order valence-electron chi connectivity index (χ2n) is 8.21. The highest BCUT2D eigenvalue weighted by molar-refractivity contribution is 7.94. The molecule has 0 saturated heterocycles. The number of anilines is 1. The molecule has 2 amide bonds. The molecule has 172 valence electrons. The molecule has 0 bridgehead atoms. The maximum atomic E-state index is 13.3. The van der Waals surface area contributed by atoms with E-state index in [1.54, 1.807) is 31.4 Å². The molecule has 1 aliphatic carbocycles. The van der Waals surface area contributed by atoms with E-state index in [1.807, 2.05) is 13.8 Å². The van der Waals surface area contributed by atoms with Crippen molar-refractivity contribution in [1.82, 2.24) is 25.6 Å².